The zero-order valence-corrected chi connectivity index (χ0v) is 16.3. The van der Waals surface area contributed by atoms with Gasteiger partial charge in [-0.25, -0.2) is 4.99 Å². The van der Waals surface area contributed by atoms with E-state index in [4.69, 9.17) is 0 Å². The van der Waals surface area contributed by atoms with Crippen LogP contribution in [0.3, 0.4) is 0 Å². The Bertz CT molecular complexity index is 911. The zero-order chi connectivity index (χ0) is 19.8. The highest BCUT2D eigenvalue weighted by Gasteiger charge is 2.32. The second kappa shape index (κ2) is 7.12. The van der Waals surface area contributed by atoms with Crippen LogP contribution in [0.2, 0.25) is 0 Å². The van der Waals surface area contributed by atoms with Crippen LogP contribution < -0.4 is 0 Å². The number of hydrogen-bond acceptors (Lipinski definition) is 3. The first-order valence-corrected chi connectivity index (χ1v) is 9.67. The molecule has 1 atom stereocenters. The van der Waals surface area contributed by atoms with Crippen LogP contribution in [0.4, 0.5) is 18.2 Å². The Balaban J connectivity index is 1.90. The molecule has 0 fully saturated rings. The molecule has 0 bridgehead atoms. The molecule has 0 N–H and O–H groups in total. The maximum Gasteiger partial charge on any atom is 0.416 e. The number of alkyl halides is 3. The quantitative estimate of drug-likeness (QED) is 0.536. The molecule has 2 aromatic rings. The largest absolute Gasteiger partial charge is 0.416 e. The normalized spacial score (nSPS) is 17.7. The lowest BCUT2D eigenvalue weighted by Crippen LogP contribution is -2.26. The van der Waals surface area contributed by atoms with Gasteiger partial charge in [0.2, 0.25) is 0 Å². The minimum atomic E-state index is -4.38. The minimum Gasteiger partial charge on any atom is -0.244 e. The Labute approximate surface area is 161 Å². The summed E-state index contributed by atoms with van der Waals surface area (Å²) in [5.41, 5.74) is 1.51. The number of nitriles is 1. The van der Waals surface area contributed by atoms with Crippen molar-refractivity contribution >= 4 is 22.6 Å². The van der Waals surface area contributed by atoms with E-state index in [0.717, 1.165) is 37.0 Å². The fourth-order valence-corrected chi connectivity index (χ4v) is 4.67. The summed E-state index contributed by atoms with van der Waals surface area (Å²) >= 11 is 1.49. The van der Waals surface area contributed by atoms with Crippen LogP contribution in [-0.2, 0) is 19.0 Å². The summed E-state index contributed by atoms with van der Waals surface area (Å²) < 4.78 is 38.6. The fraction of sp³-hybridized carbons (Fsp3) is 0.429. The molecule has 1 aliphatic rings. The van der Waals surface area contributed by atoms with E-state index in [1.165, 1.54) is 28.5 Å². The number of hydrogen-bond donors (Lipinski definition) is 0. The third-order valence-corrected chi connectivity index (χ3v) is 6.29. The SMILES string of the molecule is CC(C)(C)[C@@H]1CCc2c(sc(N=Cc3cccc(C(F)(F)F)c3)c2C#N)C1. The van der Waals surface area contributed by atoms with Crippen LogP contribution in [0.15, 0.2) is 29.3 Å². The van der Waals surface area contributed by atoms with Gasteiger partial charge in [-0.15, -0.1) is 11.3 Å². The van der Waals surface area contributed by atoms with Crippen molar-refractivity contribution in [2.75, 3.05) is 0 Å². The molecular formula is C21H21F3N2S. The fourth-order valence-electron chi connectivity index (χ4n) is 3.45. The lowest BCUT2D eigenvalue weighted by molar-refractivity contribution is -0.137. The summed E-state index contributed by atoms with van der Waals surface area (Å²) in [7, 11) is 0. The standard InChI is InChI=1S/C21H21F3N2S/c1-20(2,3)14-7-8-16-17(11-25)19(27-18(16)10-14)26-12-13-5-4-6-15(9-13)21(22,23)24/h4-6,9,12,14H,7-8,10H2,1-3H3/t14-/m1/s1. The first-order chi connectivity index (χ1) is 12.6. The molecule has 1 aromatic heterocycles. The number of fused-ring (bicyclic) bond motifs is 1. The summed E-state index contributed by atoms with van der Waals surface area (Å²) in [6.07, 6.45) is -0.147. The van der Waals surface area contributed by atoms with E-state index >= 15 is 0 Å². The maximum atomic E-state index is 12.9. The third-order valence-electron chi connectivity index (χ3n) is 5.13. The molecular weight excluding hydrogens is 369 g/mol. The third kappa shape index (κ3) is 4.24. The van der Waals surface area contributed by atoms with Gasteiger partial charge in [-0.2, -0.15) is 18.4 Å². The molecule has 27 heavy (non-hydrogen) atoms. The molecule has 1 aromatic carbocycles. The average Bonchev–Trinajstić information content (AvgIpc) is 2.95. The Kier molecular flexibility index (Phi) is 5.18. The summed E-state index contributed by atoms with van der Waals surface area (Å²) in [6, 6.07) is 7.29. The van der Waals surface area contributed by atoms with Crippen molar-refractivity contribution in [2.24, 2.45) is 16.3 Å². The van der Waals surface area contributed by atoms with E-state index < -0.39 is 11.7 Å². The van der Waals surface area contributed by atoms with Gasteiger partial charge in [-0.3, -0.25) is 0 Å². The molecule has 0 saturated heterocycles. The molecule has 1 aliphatic carbocycles. The Morgan fingerprint density at radius 1 is 1.26 bits per heavy atom. The smallest absolute Gasteiger partial charge is 0.244 e. The highest BCUT2D eigenvalue weighted by Crippen LogP contribution is 2.44. The maximum absolute atomic E-state index is 12.9. The van der Waals surface area contributed by atoms with E-state index in [0.29, 0.717) is 22.0 Å². The van der Waals surface area contributed by atoms with E-state index in [2.05, 4.69) is 31.8 Å². The monoisotopic (exact) mass is 390 g/mol. The highest BCUT2D eigenvalue weighted by molar-refractivity contribution is 7.16. The average molecular weight is 390 g/mol. The van der Waals surface area contributed by atoms with Gasteiger partial charge in [0.1, 0.15) is 11.1 Å². The number of thiophene rings is 1. The number of rotatable bonds is 2. The molecule has 142 valence electrons. The van der Waals surface area contributed by atoms with Gasteiger partial charge in [-0.05, 0) is 53.9 Å². The number of aliphatic imine (C=N–C) groups is 1. The van der Waals surface area contributed by atoms with Crippen molar-refractivity contribution < 1.29 is 13.2 Å². The van der Waals surface area contributed by atoms with E-state index in [9.17, 15) is 18.4 Å². The molecule has 6 heteroatoms. The van der Waals surface area contributed by atoms with Crippen molar-refractivity contribution in [3.05, 3.63) is 51.4 Å². The lowest BCUT2D eigenvalue weighted by Gasteiger charge is -2.33. The summed E-state index contributed by atoms with van der Waals surface area (Å²) in [6.45, 7) is 6.69. The molecule has 0 saturated carbocycles. The van der Waals surface area contributed by atoms with Crippen LogP contribution in [0, 0.1) is 22.7 Å². The summed E-state index contributed by atoms with van der Waals surface area (Å²) in [5.74, 6) is 0.551. The van der Waals surface area contributed by atoms with Gasteiger partial charge < -0.3 is 0 Å². The van der Waals surface area contributed by atoms with E-state index in [1.807, 2.05) is 0 Å². The van der Waals surface area contributed by atoms with Gasteiger partial charge >= 0.3 is 6.18 Å². The summed E-state index contributed by atoms with van der Waals surface area (Å²) in [4.78, 5) is 5.56. The predicted octanol–water partition coefficient (Wildman–Crippen LogP) is 6.54. The van der Waals surface area contributed by atoms with Gasteiger partial charge in [0.05, 0.1) is 11.1 Å². The lowest BCUT2D eigenvalue weighted by atomic mass is 9.72. The van der Waals surface area contributed by atoms with Crippen molar-refractivity contribution in [1.82, 2.24) is 0 Å². The number of benzene rings is 1. The van der Waals surface area contributed by atoms with Crippen LogP contribution in [-0.4, -0.2) is 6.21 Å². The predicted molar refractivity (Wildman–Crippen MR) is 103 cm³/mol. The van der Waals surface area contributed by atoms with E-state index in [-0.39, 0.29) is 5.41 Å². The highest BCUT2D eigenvalue weighted by atomic mass is 32.1. The van der Waals surface area contributed by atoms with Crippen molar-refractivity contribution in [3.63, 3.8) is 0 Å². The van der Waals surface area contributed by atoms with Crippen molar-refractivity contribution in [3.8, 4) is 6.07 Å². The molecule has 1 heterocycles. The number of halogens is 3. The number of nitrogens with zero attached hydrogens (tertiary/aromatic N) is 2. The second-order valence-corrected chi connectivity index (χ2v) is 9.07. The molecule has 0 spiro atoms. The Morgan fingerprint density at radius 2 is 2.00 bits per heavy atom. The first-order valence-electron chi connectivity index (χ1n) is 8.85. The van der Waals surface area contributed by atoms with Crippen molar-refractivity contribution in [1.29, 1.82) is 5.26 Å². The topological polar surface area (TPSA) is 36.1 Å². The molecule has 0 radical (unpaired) electrons. The molecule has 0 amide bonds. The van der Waals surface area contributed by atoms with Gasteiger partial charge in [0.25, 0.3) is 0 Å². The van der Waals surface area contributed by atoms with Crippen LogP contribution >= 0.6 is 11.3 Å². The Hall–Kier alpha value is -2.13. The molecule has 3 rings (SSSR count). The first kappa shape index (κ1) is 19.6. The van der Waals surface area contributed by atoms with Crippen molar-refractivity contribution in [2.45, 2.75) is 46.2 Å². The Morgan fingerprint density at radius 3 is 2.63 bits per heavy atom. The second-order valence-electron chi connectivity index (χ2n) is 7.98. The molecule has 0 aliphatic heterocycles. The van der Waals surface area contributed by atoms with Crippen LogP contribution in [0.25, 0.3) is 0 Å². The van der Waals surface area contributed by atoms with Gasteiger partial charge in [0, 0.05) is 11.1 Å². The van der Waals surface area contributed by atoms with Gasteiger partial charge in [-0.1, -0.05) is 32.9 Å². The summed E-state index contributed by atoms with van der Waals surface area (Å²) in [5, 5.41) is 10.2. The van der Waals surface area contributed by atoms with Crippen LogP contribution in [0.5, 0.6) is 0 Å². The molecule has 0 unspecified atom stereocenters. The van der Waals surface area contributed by atoms with Crippen LogP contribution in [0.1, 0.15) is 54.3 Å². The van der Waals surface area contributed by atoms with E-state index in [1.54, 1.807) is 6.07 Å². The van der Waals surface area contributed by atoms with Gasteiger partial charge in [0.15, 0.2) is 0 Å². The minimum absolute atomic E-state index is 0.204. The zero-order valence-electron chi connectivity index (χ0n) is 15.5. The molecule has 2 nitrogen and oxygen atoms in total.